The molecule has 0 aromatic heterocycles. The van der Waals surface area contributed by atoms with Gasteiger partial charge in [-0.1, -0.05) is 35.3 Å². The monoisotopic (exact) mass is 283 g/mol. The predicted molar refractivity (Wildman–Crippen MR) is 74.9 cm³/mol. The summed E-state index contributed by atoms with van der Waals surface area (Å²) in [5.41, 5.74) is 2.53. The van der Waals surface area contributed by atoms with Crippen LogP contribution in [0.5, 0.6) is 0 Å². The van der Waals surface area contributed by atoms with E-state index in [1.165, 1.54) is 12.1 Å². The number of halogens is 3. The molecule has 0 fully saturated rings. The highest BCUT2D eigenvalue weighted by Crippen LogP contribution is 2.29. The maximum atomic E-state index is 13.0. The molecular weight excluding hydrogens is 272 g/mol. The molecule has 0 atom stereocenters. The third-order valence-corrected chi connectivity index (χ3v) is 3.34. The van der Waals surface area contributed by atoms with Gasteiger partial charge in [0, 0.05) is 11.6 Å². The van der Waals surface area contributed by atoms with Gasteiger partial charge in [-0.05, 0) is 42.3 Å². The van der Waals surface area contributed by atoms with Crippen LogP contribution >= 0.6 is 23.2 Å². The fraction of sp³-hybridized carbons (Fsp3) is 0.143. The standard InChI is InChI=1S/C14H12Cl2FN/c1-9-5-13(16)14(7-12(9)15)18-8-10-3-2-4-11(17)6-10/h2-7,18H,8H2,1H3. The first-order valence-corrected chi connectivity index (χ1v) is 6.26. The van der Waals surface area contributed by atoms with Crippen LogP contribution in [0.4, 0.5) is 10.1 Å². The highest BCUT2D eigenvalue weighted by molar-refractivity contribution is 6.35. The van der Waals surface area contributed by atoms with Crippen molar-refractivity contribution >= 4 is 28.9 Å². The van der Waals surface area contributed by atoms with Crippen LogP contribution in [0.1, 0.15) is 11.1 Å². The average Bonchev–Trinajstić information content (AvgIpc) is 2.32. The Bertz CT molecular complexity index is 570. The van der Waals surface area contributed by atoms with Crippen molar-refractivity contribution in [1.82, 2.24) is 0 Å². The molecule has 2 aromatic rings. The number of aryl methyl sites for hydroxylation is 1. The molecule has 2 rings (SSSR count). The van der Waals surface area contributed by atoms with E-state index in [9.17, 15) is 4.39 Å². The normalized spacial score (nSPS) is 10.4. The molecule has 0 spiro atoms. The molecule has 0 saturated carbocycles. The van der Waals surface area contributed by atoms with Crippen molar-refractivity contribution < 1.29 is 4.39 Å². The Balaban J connectivity index is 2.13. The largest absolute Gasteiger partial charge is 0.380 e. The summed E-state index contributed by atoms with van der Waals surface area (Å²) in [4.78, 5) is 0. The Morgan fingerprint density at radius 3 is 2.61 bits per heavy atom. The van der Waals surface area contributed by atoms with Crippen molar-refractivity contribution in [2.45, 2.75) is 13.5 Å². The zero-order valence-electron chi connectivity index (χ0n) is 9.81. The van der Waals surface area contributed by atoms with Gasteiger partial charge in [0.1, 0.15) is 5.82 Å². The summed E-state index contributed by atoms with van der Waals surface area (Å²) in [6.45, 7) is 2.39. The second-order valence-electron chi connectivity index (χ2n) is 4.06. The molecule has 2 aromatic carbocycles. The summed E-state index contributed by atoms with van der Waals surface area (Å²) in [6, 6.07) is 10.0. The van der Waals surface area contributed by atoms with Crippen molar-refractivity contribution in [2.24, 2.45) is 0 Å². The minimum atomic E-state index is -0.248. The van der Waals surface area contributed by atoms with Gasteiger partial charge < -0.3 is 5.32 Å². The van der Waals surface area contributed by atoms with E-state index in [0.717, 1.165) is 16.8 Å². The molecule has 0 aliphatic carbocycles. The van der Waals surface area contributed by atoms with Gasteiger partial charge in [0.25, 0.3) is 0 Å². The lowest BCUT2D eigenvalue weighted by Gasteiger charge is -2.10. The summed E-state index contributed by atoms with van der Waals surface area (Å²) in [7, 11) is 0. The SMILES string of the molecule is Cc1cc(Cl)c(NCc2cccc(F)c2)cc1Cl. The second kappa shape index (κ2) is 5.59. The van der Waals surface area contributed by atoms with Gasteiger partial charge in [0.2, 0.25) is 0 Å². The van der Waals surface area contributed by atoms with E-state index in [4.69, 9.17) is 23.2 Å². The Labute approximate surface area is 116 Å². The van der Waals surface area contributed by atoms with Crippen molar-refractivity contribution in [3.63, 3.8) is 0 Å². The Morgan fingerprint density at radius 2 is 1.89 bits per heavy atom. The third-order valence-electron chi connectivity index (χ3n) is 2.62. The number of hydrogen-bond acceptors (Lipinski definition) is 1. The van der Waals surface area contributed by atoms with Crippen LogP contribution in [0, 0.1) is 12.7 Å². The smallest absolute Gasteiger partial charge is 0.123 e. The molecule has 0 heterocycles. The van der Waals surface area contributed by atoms with Gasteiger partial charge in [-0.2, -0.15) is 0 Å². The Hall–Kier alpha value is -1.25. The first-order chi connectivity index (χ1) is 8.56. The second-order valence-corrected chi connectivity index (χ2v) is 4.88. The van der Waals surface area contributed by atoms with Crippen molar-refractivity contribution in [3.8, 4) is 0 Å². The summed E-state index contributed by atoms with van der Waals surface area (Å²) in [5, 5.41) is 4.40. The van der Waals surface area contributed by atoms with E-state index in [2.05, 4.69) is 5.32 Å². The van der Waals surface area contributed by atoms with Gasteiger partial charge in [-0.15, -0.1) is 0 Å². The van der Waals surface area contributed by atoms with Crippen LogP contribution in [0.15, 0.2) is 36.4 Å². The van der Waals surface area contributed by atoms with Crippen LogP contribution in [-0.2, 0) is 6.54 Å². The van der Waals surface area contributed by atoms with Gasteiger partial charge in [0.15, 0.2) is 0 Å². The van der Waals surface area contributed by atoms with E-state index >= 15 is 0 Å². The number of anilines is 1. The van der Waals surface area contributed by atoms with E-state index < -0.39 is 0 Å². The van der Waals surface area contributed by atoms with Gasteiger partial charge >= 0.3 is 0 Å². The zero-order valence-corrected chi connectivity index (χ0v) is 11.3. The summed E-state index contributed by atoms with van der Waals surface area (Å²) >= 11 is 12.1. The number of nitrogens with one attached hydrogen (secondary N) is 1. The average molecular weight is 284 g/mol. The van der Waals surface area contributed by atoms with Gasteiger partial charge in [-0.3, -0.25) is 0 Å². The zero-order chi connectivity index (χ0) is 13.1. The highest BCUT2D eigenvalue weighted by Gasteiger charge is 2.04. The fourth-order valence-electron chi connectivity index (χ4n) is 1.63. The lowest BCUT2D eigenvalue weighted by molar-refractivity contribution is 0.626. The lowest BCUT2D eigenvalue weighted by Crippen LogP contribution is -2.00. The fourth-order valence-corrected chi connectivity index (χ4v) is 2.07. The number of hydrogen-bond donors (Lipinski definition) is 1. The van der Waals surface area contributed by atoms with Crippen LogP contribution in [-0.4, -0.2) is 0 Å². The number of benzene rings is 2. The van der Waals surface area contributed by atoms with Crippen LogP contribution in [0.25, 0.3) is 0 Å². The first kappa shape index (κ1) is 13.2. The predicted octanol–water partition coefficient (Wildman–Crippen LogP) is 5.05. The molecule has 4 heteroatoms. The third kappa shape index (κ3) is 3.15. The lowest BCUT2D eigenvalue weighted by atomic mass is 10.2. The molecular formula is C14H12Cl2FN. The molecule has 0 saturated heterocycles. The topological polar surface area (TPSA) is 12.0 Å². The first-order valence-electron chi connectivity index (χ1n) is 5.50. The Kier molecular flexibility index (Phi) is 4.10. The van der Waals surface area contributed by atoms with Gasteiger partial charge in [-0.25, -0.2) is 4.39 Å². The molecule has 0 amide bonds. The minimum absolute atomic E-state index is 0.248. The van der Waals surface area contributed by atoms with Crippen molar-refractivity contribution in [3.05, 3.63) is 63.4 Å². The summed E-state index contributed by atoms with van der Waals surface area (Å²) in [5.74, 6) is -0.248. The number of rotatable bonds is 3. The van der Waals surface area contributed by atoms with Crippen LogP contribution in [0.2, 0.25) is 10.0 Å². The molecule has 1 N–H and O–H groups in total. The van der Waals surface area contributed by atoms with E-state index in [1.807, 2.05) is 13.0 Å². The molecule has 0 aliphatic rings. The molecule has 0 aliphatic heterocycles. The quantitative estimate of drug-likeness (QED) is 0.831. The van der Waals surface area contributed by atoms with E-state index in [0.29, 0.717) is 16.6 Å². The molecule has 0 radical (unpaired) electrons. The van der Waals surface area contributed by atoms with E-state index in [1.54, 1.807) is 18.2 Å². The van der Waals surface area contributed by atoms with Crippen molar-refractivity contribution in [2.75, 3.05) is 5.32 Å². The molecule has 94 valence electrons. The minimum Gasteiger partial charge on any atom is -0.380 e. The van der Waals surface area contributed by atoms with Crippen LogP contribution < -0.4 is 5.32 Å². The highest BCUT2D eigenvalue weighted by atomic mass is 35.5. The summed E-state index contributed by atoms with van der Waals surface area (Å²) < 4.78 is 13.0. The molecule has 1 nitrogen and oxygen atoms in total. The van der Waals surface area contributed by atoms with Crippen LogP contribution in [0.3, 0.4) is 0 Å². The van der Waals surface area contributed by atoms with E-state index in [-0.39, 0.29) is 5.82 Å². The van der Waals surface area contributed by atoms with Gasteiger partial charge in [0.05, 0.1) is 10.7 Å². The Morgan fingerprint density at radius 1 is 1.11 bits per heavy atom. The van der Waals surface area contributed by atoms with Crippen molar-refractivity contribution in [1.29, 1.82) is 0 Å². The molecule has 0 bridgehead atoms. The molecule has 0 unspecified atom stereocenters. The summed E-state index contributed by atoms with van der Waals surface area (Å²) in [6.07, 6.45) is 0. The maximum Gasteiger partial charge on any atom is 0.123 e. The molecule has 18 heavy (non-hydrogen) atoms. The maximum absolute atomic E-state index is 13.0.